The van der Waals surface area contributed by atoms with E-state index in [2.05, 4.69) is 20.4 Å². The second-order valence-corrected chi connectivity index (χ2v) is 9.13. The van der Waals surface area contributed by atoms with E-state index in [9.17, 15) is 18.4 Å². The molecule has 2 aromatic heterocycles. The minimum atomic E-state index is -1.19. The highest BCUT2D eigenvalue weighted by atomic mass is 19.2. The molecule has 0 saturated carbocycles. The van der Waals surface area contributed by atoms with Crippen molar-refractivity contribution in [3.05, 3.63) is 47.2 Å². The van der Waals surface area contributed by atoms with Crippen molar-refractivity contribution in [2.75, 3.05) is 6.54 Å². The first-order valence-electron chi connectivity index (χ1n) is 10.8. The summed E-state index contributed by atoms with van der Waals surface area (Å²) in [4.78, 5) is 35.3. The van der Waals surface area contributed by atoms with Crippen LogP contribution in [0.15, 0.2) is 23.0 Å². The highest BCUT2D eigenvalue weighted by Gasteiger charge is 2.41. The van der Waals surface area contributed by atoms with Crippen LogP contribution in [0.2, 0.25) is 0 Å². The fourth-order valence-corrected chi connectivity index (χ4v) is 4.31. The number of alkyl carbamates (subject to hydrolysis) is 1. The van der Waals surface area contributed by atoms with Crippen LogP contribution in [0.5, 0.6) is 0 Å². The number of imidazole rings is 1. The van der Waals surface area contributed by atoms with Crippen LogP contribution in [0.3, 0.4) is 0 Å². The zero-order chi connectivity index (χ0) is 24.2. The number of fused-ring (bicyclic) bond motifs is 5. The molecule has 2 aliphatic heterocycles. The lowest BCUT2D eigenvalue weighted by atomic mass is 10.1. The van der Waals surface area contributed by atoms with E-state index in [1.807, 2.05) is 0 Å². The average Bonchev–Trinajstić information content (AvgIpc) is 3.49. The molecule has 4 heterocycles. The van der Waals surface area contributed by atoms with Crippen LogP contribution in [0.4, 0.5) is 13.6 Å². The topological polar surface area (TPSA) is 115 Å². The average molecular weight is 472 g/mol. The van der Waals surface area contributed by atoms with Crippen LogP contribution in [0.1, 0.15) is 61.6 Å². The van der Waals surface area contributed by atoms with E-state index in [0.717, 1.165) is 6.07 Å². The van der Waals surface area contributed by atoms with Crippen LogP contribution in [0.25, 0.3) is 17.2 Å². The van der Waals surface area contributed by atoms with Gasteiger partial charge in [0.15, 0.2) is 11.6 Å². The molecule has 0 aliphatic carbocycles. The zero-order valence-electron chi connectivity index (χ0n) is 18.8. The summed E-state index contributed by atoms with van der Waals surface area (Å²) in [6.07, 6.45) is 2.12. The van der Waals surface area contributed by atoms with Gasteiger partial charge in [-0.05, 0) is 45.7 Å². The molecule has 0 spiro atoms. The van der Waals surface area contributed by atoms with Gasteiger partial charge >= 0.3 is 6.09 Å². The molecule has 1 N–H and O–H groups in total. The molecule has 3 aromatic rings. The first kappa shape index (κ1) is 22.0. The van der Waals surface area contributed by atoms with Crippen LogP contribution < -0.4 is 5.32 Å². The fourth-order valence-electron chi connectivity index (χ4n) is 4.31. The fraction of sp³-hybridized carbons (Fsp3) is 0.409. The van der Waals surface area contributed by atoms with Crippen molar-refractivity contribution in [3.8, 4) is 17.2 Å². The SMILES string of the molecule is CC(C)(C)OC(=O)NCc1nc(-c2ncn3c2[C@@H]2CCCN2C(=O)c2c-3ccc(F)c2F)no1. The van der Waals surface area contributed by atoms with Crippen molar-refractivity contribution in [2.45, 2.75) is 51.8 Å². The van der Waals surface area contributed by atoms with Gasteiger partial charge in [0.05, 0.1) is 17.4 Å². The summed E-state index contributed by atoms with van der Waals surface area (Å²) in [5.74, 6) is -2.57. The quantitative estimate of drug-likeness (QED) is 0.620. The Labute approximate surface area is 192 Å². The number of carbonyl (C=O) groups is 2. The summed E-state index contributed by atoms with van der Waals surface area (Å²) in [5, 5.41) is 6.52. The summed E-state index contributed by atoms with van der Waals surface area (Å²) >= 11 is 0. The molecule has 0 unspecified atom stereocenters. The highest BCUT2D eigenvalue weighted by Crippen LogP contribution is 2.42. The number of nitrogens with one attached hydrogen (secondary N) is 1. The Balaban J connectivity index is 1.50. The van der Waals surface area contributed by atoms with Crippen LogP contribution in [-0.4, -0.2) is 48.7 Å². The predicted octanol–water partition coefficient (Wildman–Crippen LogP) is 3.52. The summed E-state index contributed by atoms with van der Waals surface area (Å²) < 4.78 is 40.7. The van der Waals surface area contributed by atoms with Crippen molar-refractivity contribution in [2.24, 2.45) is 0 Å². The Kier molecular flexibility index (Phi) is 5.10. The lowest BCUT2D eigenvalue weighted by Gasteiger charge is -2.22. The number of halogens is 2. The van der Waals surface area contributed by atoms with Gasteiger partial charge in [-0.3, -0.25) is 9.36 Å². The Morgan fingerprint density at radius 2 is 2.12 bits per heavy atom. The third-order valence-electron chi connectivity index (χ3n) is 5.64. The van der Waals surface area contributed by atoms with E-state index in [4.69, 9.17) is 9.26 Å². The molecule has 12 heteroatoms. The molecular formula is C22H22F2N6O4. The van der Waals surface area contributed by atoms with Crippen molar-refractivity contribution in [1.82, 2.24) is 29.9 Å². The van der Waals surface area contributed by atoms with Gasteiger partial charge in [-0.1, -0.05) is 5.16 Å². The molecule has 34 heavy (non-hydrogen) atoms. The molecule has 2 aliphatic rings. The van der Waals surface area contributed by atoms with Gasteiger partial charge < -0.3 is 19.5 Å². The van der Waals surface area contributed by atoms with Crippen molar-refractivity contribution in [1.29, 1.82) is 0 Å². The van der Waals surface area contributed by atoms with Gasteiger partial charge in [-0.15, -0.1) is 0 Å². The molecular weight excluding hydrogens is 450 g/mol. The van der Waals surface area contributed by atoms with Crippen LogP contribution in [0, 0.1) is 11.6 Å². The van der Waals surface area contributed by atoms with Gasteiger partial charge in [0.2, 0.25) is 11.7 Å². The first-order chi connectivity index (χ1) is 16.1. The molecule has 0 bridgehead atoms. The smallest absolute Gasteiger partial charge is 0.408 e. The summed E-state index contributed by atoms with van der Waals surface area (Å²) in [6.45, 7) is 5.59. The maximum atomic E-state index is 14.7. The molecule has 1 fully saturated rings. The number of aromatic nitrogens is 4. The Bertz CT molecular complexity index is 1300. The van der Waals surface area contributed by atoms with Gasteiger partial charge in [-0.2, -0.15) is 4.98 Å². The molecule has 0 radical (unpaired) electrons. The maximum absolute atomic E-state index is 14.7. The molecule has 178 valence electrons. The third-order valence-corrected chi connectivity index (χ3v) is 5.64. The summed E-state index contributed by atoms with van der Waals surface area (Å²) in [5.41, 5.74) is 0.159. The van der Waals surface area contributed by atoms with Crippen LogP contribution in [-0.2, 0) is 11.3 Å². The van der Waals surface area contributed by atoms with E-state index in [-0.39, 0.29) is 29.5 Å². The number of rotatable bonds is 3. The molecule has 10 nitrogen and oxygen atoms in total. The second kappa shape index (κ2) is 7.89. The van der Waals surface area contributed by atoms with Gasteiger partial charge in [0.25, 0.3) is 5.91 Å². The normalized spacial score (nSPS) is 17.1. The van der Waals surface area contributed by atoms with Crippen molar-refractivity contribution < 1.29 is 27.6 Å². The summed E-state index contributed by atoms with van der Waals surface area (Å²) in [7, 11) is 0. The highest BCUT2D eigenvalue weighted by molar-refractivity contribution is 5.99. The largest absolute Gasteiger partial charge is 0.444 e. The van der Waals surface area contributed by atoms with Gasteiger partial charge in [-0.25, -0.2) is 18.6 Å². The van der Waals surface area contributed by atoms with E-state index in [0.29, 0.717) is 30.8 Å². The van der Waals surface area contributed by atoms with E-state index in [1.54, 1.807) is 25.3 Å². The minimum absolute atomic E-state index is 0.0562. The van der Waals surface area contributed by atoms with E-state index in [1.165, 1.54) is 17.3 Å². The number of amides is 2. The van der Waals surface area contributed by atoms with E-state index < -0.39 is 35.3 Å². The molecule has 1 saturated heterocycles. The number of hydrogen-bond donors (Lipinski definition) is 1. The molecule has 1 atom stereocenters. The predicted molar refractivity (Wildman–Crippen MR) is 113 cm³/mol. The maximum Gasteiger partial charge on any atom is 0.408 e. The third kappa shape index (κ3) is 3.68. The zero-order valence-corrected chi connectivity index (χ0v) is 18.8. The van der Waals surface area contributed by atoms with Gasteiger partial charge in [0, 0.05) is 6.54 Å². The standard InChI is InChI=1S/C22H22F2N6O4/c1-22(2,3)33-21(32)25-9-14-27-19(28-34-14)17-18-13-5-4-8-29(13)20(31)15-12(30(18)10-26-17)7-6-11(23)16(15)24/h6-7,10,13H,4-5,8-9H2,1-3H3,(H,25,32)/t13-/m0/s1. The minimum Gasteiger partial charge on any atom is -0.444 e. The number of benzene rings is 1. The molecule has 1 aromatic carbocycles. The number of nitrogens with zero attached hydrogens (tertiary/aromatic N) is 5. The number of hydrogen-bond acceptors (Lipinski definition) is 7. The number of ether oxygens (including phenoxy) is 1. The van der Waals surface area contributed by atoms with Crippen LogP contribution >= 0.6 is 0 Å². The molecule has 5 rings (SSSR count). The lowest BCUT2D eigenvalue weighted by molar-refractivity contribution is 0.0517. The monoisotopic (exact) mass is 472 g/mol. The molecule has 2 amide bonds. The Morgan fingerprint density at radius 1 is 1.32 bits per heavy atom. The van der Waals surface area contributed by atoms with E-state index >= 15 is 0 Å². The Morgan fingerprint density at radius 3 is 2.88 bits per heavy atom. The first-order valence-corrected chi connectivity index (χ1v) is 10.8. The Hall–Kier alpha value is -3.83. The number of carbonyl (C=O) groups excluding carboxylic acids is 2. The van der Waals surface area contributed by atoms with Crippen molar-refractivity contribution >= 4 is 12.0 Å². The van der Waals surface area contributed by atoms with Crippen molar-refractivity contribution in [3.63, 3.8) is 0 Å². The second-order valence-electron chi connectivity index (χ2n) is 9.13. The summed E-state index contributed by atoms with van der Waals surface area (Å²) in [6, 6.07) is 1.92. The lowest BCUT2D eigenvalue weighted by Crippen LogP contribution is -2.32. The van der Waals surface area contributed by atoms with Gasteiger partial charge in [0.1, 0.15) is 29.7 Å².